The summed E-state index contributed by atoms with van der Waals surface area (Å²) in [6.45, 7) is 1.39. The fourth-order valence-corrected chi connectivity index (χ4v) is 2.90. The number of nitrogens with two attached hydrogens (primary N) is 1. The van der Waals surface area contributed by atoms with Gasteiger partial charge in [-0.15, -0.1) is 0 Å². The monoisotopic (exact) mass is 347 g/mol. The Morgan fingerprint density at radius 2 is 2.12 bits per heavy atom. The summed E-state index contributed by atoms with van der Waals surface area (Å²) < 4.78 is 18.3. The number of carbonyl (C=O) groups excluding carboxylic acids is 2. The molecule has 1 aromatic carbocycles. The van der Waals surface area contributed by atoms with Gasteiger partial charge in [0.05, 0.1) is 12.5 Å². The number of nitrogens with zero attached hydrogens (tertiary/aromatic N) is 3. The average molecular weight is 347 g/mol. The number of carbonyl (C=O) groups is 2. The zero-order chi connectivity index (χ0) is 17.8. The first-order valence-electron chi connectivity index (χ1n) is 7.92. The van der Waals surface area contributed by atoms with Crippen molar-refractivity contribution in [2.45, 2.75) is 18.8 Å². The Balaban J connectivity index is 1.64. The quantitative estimate of drug-likeness (QED) is 0.860. The zero-order valence-corrected chi connectivity index (χ0v) is 13.4. The van der Waals surface area contributed by atoms with E-state index in [0.717, 1.165) is 19.4 Å². The highest BCUT2D eigenvalue weighted by Crippen LogP contribution is 2.27. The molecule has 9 heteroatoms. The van der Waals surface area contributed by atoms with Crippen LogP contribution in [0.1, 0.15) is 24.7 Å². The minimum absolute atomic E-state index is 0.00294. The highest BCUT2D eigenvalue weighted by Gasteiger charge is 2.27. The molecule has 0 saturated carbocycles. The van der Waals surface area contributed by atoms with Gasteiger partial charge in [-0.2, -0.15) is 4.98 Å². The second-order valence-corrected chi connectivity index (χ2v) is 5.95. The van der Waals surface area contributed by atoms with Gasteiger partial charge in [-0.1, -0.05) is 5.16 Å². The maximum Gasteiger partial charge on any atom is 0.318 e. The third-order valence-corrected chi connectivity index (χ3v) is 4.03. The maximum atomic E-state index is 13.0. The Kier molecular flexibility index (Phi) is 5.03. The van der Waals surface area contributed by atoms with Crippen molar-refractivity contribution in [1.82, 2.24) is 20.4 Å². The van der Waals surface area contributed by atoms with E-state index in [9.17, 15) is 14.0 Å². The van der Waals surface area contributed by atoms with E-state index in [0.29, 0.717) is 23.8 Å². The van der Waals surface area contributed by atoms with E-state index >= 15 is 0 Å². The van der Waals surface area contributed by atoms with Gasteiger partial charge in [0.1, 0.15) is 5.82 Å². The number of imide groups is 1. The van der Waals surface area contributed by atoms with Crippen LogP contribution in [0.3, 0.4) is 0 Å². The van der Waals surface area contributed by atoms with Crippen LogP contribution in [0.2, 0.25) is 0 Å². The van der Waals surface area contributed by atoms with Gasteiger partial charge < -0.3 is 10.3 Å². The van der Waals surface area contributed by atoms with Crippen LogP contribution in [-0.4, -0.2) is 46.6 Å². The first kappa shape index (κ1) is 17.0. The Labute approximate surface area is 143 Å². The molecule has 132 valence electrons. The predicted molar refractivity (Wildman–Crippen MR) is 85.8 cm³/mol. The third-order valence-electron chi connectivity index (χ3n) is 4.03. The number of hydrogen-bond donors (Lipinski definition) is 2. The normalized spacial score (nSPS) is 18.0. The van der Waals surface area contributed by atoms with Crippen LogP contribution in [0.5, 0.6) is 0 Å². The van der Waals surface area contributed by atoms with E-state index in [-0.39, 0.29) is 18.3 Å². The Bertz CT molecular complexity index is 761. The molecule has 0 unspecified atom stereocenters. The number of piperidine rings is 1. The molecule has 8 nitrogen and oxygen atoms in total. The predicted octanol–water partition coefficient (Wildman–Crippen LogP) is 1.25. The summed E-state index contributed by atoms with van der Waals surface area (Å²) in [7, 11) is 0. The van der Waals surface area contributed by atoms with Gasteiger partial charge >= 0.3 is 6.03 Å². The topological polar surface area (TPSA) is 114 Å². The van der Waals surface area contributed by atoms with E-state index in [1.54, 1.807) is 12.1 Å². The second-order valence-electron chi connectivity index (χ2n) is 5.95. The van der Waals surface area contributed by atoms with Crippen molar-refractivity contribution < 1.29 is 18.5 Å². The second kappa shape index (κ2) is 7.39. The summed E-state index contributed by atoms with van der Waals surface area (Å²) in [5.41, 5.74) is 5.61. The Morgan fingerprint density at radius 3 is 2.84 bits per heavy atom. The zero-order valence-electron chi connectivity index (χ0n) is 13.4. The fraction of sp³-hybridized carbons (Fsp3) is 0.375. The average Bonchev–Trinajstić information content (AvgIpc) is 3.05. The number of nitrogens with one attached hydrogen (secondary N) is 1. The fourth-order valence-electron chi connectivity index (χ4n) is 2.90. The number of aromatic nitrogens is 2. The molecule has 0 bridgehead atoms. The molecule has 0 spiro atoms. The summed E-state index contributed by atoms with van der Waals surface area (Å²) >= 11 is 0. The molecule has 1 fully saturated rings. The number of primary amides is 1. The molecule has 1 saturated heterocycles. The summed E-state index contributed by atoms with van der Waals surface area (Å²) in [4.78, 5) is 28.7. The van der Waals surface area contributed by atoms with Gasteiger partial charge in [-0.3, -0.25) is 15.0 Å². The molecule has 25 heavy (non-hydrogen) atoms. The lowest BCUT2D eigenvalue weighted by molar-refractivity contribution is -0.121. The number of halogens is 1. The Hall–Kier alpha value is -2.81. The van der Waals surface area contributed by atoms with Crippen molar-refractivity contribution in [1.29, 1.82) is 0 Å². The molecule has 1 aliphatic heterocycles. The third kappa shape index (κ3) is 4.38. The van der Waals surface area contributed by atoms with Crippen LogP contribution in [0.15, 0.2) is 28.8 Å². The number of urea groups is 1. The van der Waals surface area contributed by atoms with Gasteiger partial charge in [0.25, 0.3) is 0 Å². The van der Waals surface area contributed by atoms with Gasteiger partial charge in [-0.25, -0.2) is 9.18 Å². The van der Waals surface area contributed by atoms with Crippen LogP contribution in [0, 0.1) is 5.82 Å². The first-order chi connectivity index (χ1) is 12.0. The number of hydrogen-bond acceptors (Lipinski definition) is 6. The molecule has 1 aromatic heterocycles. The molecule has 1 aliphatic rings. The van der Waals surface area contributed by atoms with Gasteiger partial charge in [0.2, 0.25) is 17.6 Å². The van der Waals surface area contributed by atoms with Crippen molar-refractivity contribution in [2.24, 2.45) is 5.73 Å². The lowest BCUT2D eigenvalue weighted by Crippen LogP contribution is -2.45. The molecule has 0 aliphatic carbocycles. The van der Waals surface area contributed by atoms with E-state index < -0.39 is 11.9 Å². The highest BCUT2D eigenvalue weighted by atomic mass is 19.1. The lowest BCUT2D eigenvalue weighted by Gasteiger charge is -2.30. The number of rotatable bonds is 4. The summed E-state index contributed by atoms with van der Waals surface area (Å²) in [6, 6.07) is 4.99. The molecule has 1 atom stereocenters. The van der Waals surface area contributed by atoms with Gasteiger partial charge in [0, 0.05) is 12.1 Å². The number of amides is 3. The first-order valence-corrected chi connectivity index (χ1v) is 7.92. The molecule has 3 rings (SSSR count). The van der Waals surface area contributed by atoms with E-state index in [4.69, 9.17) is 10.3 Å². The van der Waals surface area contributed by atoms with E-state index in [2.05, 4.69) is 15.5 Å². The van der Waals surface area contributed by atoms with Crippen molar-refractivity contribution in [2.75, 3.05) is 19.6 Å². The number of likely N-dealkylation sites (tertiary alicyclic amines) is 1. The maximum absolute atomic E-state index is 13.0. The van der Waals surface area contributed by atoms with Crippen molar-refractivity contribution in [3.05, 3.63) is 36.0 Å². The molecular formula is C16H18FN5O3. The van der Waals surface area contributed by atoms with Crippen LogP contribution in [-0.2, 0) is 4.79 Å². The standard InChI is InChI=1S/C16H18FN5O3/c17-12-5-3-10(4-6-12)14-20-15(25-21-14)11-2-1-7-22(8-11)9-13(23)19-16(18)24/h3-6,11H,1-2,7-9H2,(H3,18,19,23,24)/t11-/m1/s1. The summed E-state index contributed by atoms with van der Waals surface area (Å²) in [5, 5.41) is 6.00. The summed E-state index contributed by atoms with van der Waals surface area (Å²) in [6.07, 6.45) is 1.72. The van der Waals surface area contributed by atoms with Crippen LogP contribution >= 0.6 is 0 Å². The SMILES string of the molecule is NC(=O)NC(=O)CN1CCC[C@@H](c2nc(-c3ccc(F)cc3)no2)C1. The largest absolute Gasteiger partial charge is 0.351 e. The Morgan fingerprint density at radius 1 is 1.36 bits per heavy atom. The minimum Gasteiger partial charge on any atom is -0.351 e. The molecule has 0 radical (unpaired) electrons. The molecule has 2 aromatic rings. The minimum atomic E-state index is -0.862. The lowest BCUT2D eigenvalue weighted by atomic mass is 9.98. The molecule has 3 amide bonds. The van der Waals surface area contributed by atoms with Crippen LogP contribution < -0.4 is 11.1 Å². The van der Waals surface area contributed by atoms with Gasteiger partial charge in [-0.05, 0) is 43.7 Å². The summed E-state index contributed by atoms with van der Waals surface area (Å²) in [5.74, 6) is 0.116. The highest BCUT2D eigenvalue weighted by molar-refractivity contribution is 5.94. The van der Waals surface area contributed by atoms with Crippen molar-refractivity contribution in [3.8, 4) is 11.4 Å². The van der Waals surface area contributed by atoms with Crippen LogP contribution in [0.4, 0.5) is 9.18 Å². The smallest absolute Gasteiger partial charge is 0.318 e. The van der Waals surface area contributed by atoms with E-state index in [1.807, 2.05) is 4.90 Å². The molecule has 3 N–H and O–H groups in total. The van der Waals surface area contributed by atoms with Crippen LogP contribution in [0.25, 0.3) is 11.4 Å². The molecule has 2 heterocycles. The van der Waals surface area contributed by atoms with Crippen molar-refractivity contribution >= 4 is 11.9 Å². The van der Waals surface area contributed by atoms with Gasteiger partial charge in [0.15, 0.2) is 0 Å². The van der Waals surface area contributed by atoms with E-state index in [1.165, 1.54) is 12.1 Å². The van der Waals surface area contributed by atoms with Crippen molar-refractivity contribution in [3.63, 3.8) is 0 Å². The molecular weight excluding hydrogens is 329 g/mol. The number of benzene rings is 1.